The number of aryl methyl sites for hydroxylation is 1. The summed E-state index contributed by atoms with van der Waals surface area (Å²) in [5.41, 5.74) is 10.7. The lowest BCUT2D eigenvalue weighted by Crippen LogP contribution is -2.44. The molecule has 5 nitrogen and oxygen atoms in total. The smallest absolute Gasteiger partial charge is 0.193 e. The molecule has 5 heteroatoms. The van der Waals surface area contributed by atoms with Gasteiger partial charge < -0.3 is 15.8 Å². The van der Waals surface area contributed by atoms with Gasteiger partial charge in [0.15, 0.2) is 5.96 Å². The predicted octanol–water partition coefficient (Wildman–Crippen LogP) is 3.53. The molecule has 0 spiro atoms. The molecule has 144 valence electrons. The number of nitrogens with two attached hydrogens (primary N) is 1. The van der Waals surface area contributed by atoms with Crippen LogP contribution in [0.1, 0.15) is 30.5 Å². The molecule has 2 atom stereocenters. The molecule has 3 N–H and O–H groups in total. The minimum absolute atomic E-state index is 0.271. The Morgan fingerprint density at radius 3 is 2.52 bits per heavy atom. The maximum absolute atomic E-state index is 6.09. The van der Waals surface area contributed by atoms with Crippen molar-refractivity contribution >= 4 is 11.6 Å². The summed E-state index contributed by atoms with van der Waals surface area (Å²) in [4.78, 5) is 7.00. The highest BCUT2D eigenvalue weighted by atomic mass is 16.5. The third-order valence-electron chi connectivity index (χ3n) is 4.72. The molecule has 1 saturated heterocycles. The van der Waals surface area contributed by atoms with Crippen LogP contribution in [0.4, 0.5) is 5.69 Å². The molecule has 0 aliphatic carbocycles. The lowest BCUT2D eigenvalue weighted by molar-refractivity contribution is -0.0705. The quantitative estimate of drug-likeness (QED) is 0.628. The zero-order valence-corrected chi connectivity index (χ0v) is 16.5. The van der Waals surface area contributed by atoms with Gasteiger partial charge in [-0.1, -0.05) is 36.4 Å². The van der Waals surface area contributed by atoms with Crippen molar-refractivity contribution in [2.75, 3.05) is 18.4 Å². The summed E-state index contributed by atoms with van der Waals surface area (Å²) in [6, 6.07) is 16.6. The van der Waals surface area contributed by atoms with Crippen LogP contribution < -0.4 is 11.1 Å². The molecule has 2 unspecified atom stereocenters. The monoisotopic (exact) mass is 366 g/mol. The molecule has 1 heterocycles. The van der Waals surface area contributed by atoms with Gasteiger partial charge in [-0.15, -0.1) is 0 Å². The highest BCUT2D eigenvalue weighted by Crippen LogP contribution is 2.18. The fraction of sp³-hybridized carbons (Fsp3) is 0.409. The highest BCUT2D eigenvalue weighted by Gasteiger charge is 2.22. The number of hydrogen-bond donors (Lipinski definition) is 2. The normalized spacial score (nSPS) is 21.2. The summed E-state index contributed by atoms with van der Waals surface area (Å²) in [6.07, 6.45) is 0.543. The van der Waals surface area contributed by atoms with Crippen LogP contribution in [0.5, 0.6) is 0 Å². The molecule has 1 aliphatic rings. The molecule has 2 aromatic rings. The lowest BCUT2D eigenvalue weighted by Gasteiger charge is -2.35. The van der Waals surface area contributed by atoms with E-state index in [9.17, 15) is 0 Å². The molecule has 27 heavy (non-hydrogen) atoms. The SMILES string of the molecule is Cc1cccc(NC(N)=NCc2ccccc2CN2CC(C)OC(C)C2)c1. The average Bonchev–Trinajstić information content (AvgIpc) is 2.60. The fourth-order valence-electron chi connectivity index (χ4n) is 3.60. The molecule has 1 fully saturated rings. The first-order valence-electron chi connectivity index (χ1n) is 9.58. The molecular formula is C22H30N4O. The predicted molar refractivity (Wildman–Crippen MR) is 112 cm³/mol. The second-order valence-electron chi connectivity index (χ2n) is 7.42. The van der Waals surface area contributed by atoms with E-state index in [1.165, 1.54) is 16.7 Å². The number of anilines is 1. The standard InChI is InChI=1S/C22H30N4O/c1-16-7-6-10-21(11-16)25-22(23)24-12-19-8-4-5-9-20(19)15-26-13-17(2)27-18(3)14-26/h4-11,17-18H,12-15H2,1-3H3,(H3,23,24,25). The Hall–Kier alpha value is -2.37. The number of aliphatic imine (C=N–C) groups is 1. The maximum Gasteiger partial charge on any atom is 0.193 e. The molecule has 0 saturated carbocycles. The van der Waals surface area contributed by atoms with Crippen molar-refractivity contribution in [2.24, 2.45) is 10.7 Å². The molecule has 1 aliphatic heterocycles. The van der Waals surface area contributed by atoms with Crippen LogP contribution in [0.25, 0.3) is 0 Å². The molecule has 0 aromatic heterocycles. The summed E-state index contributed by atoms with van der Waals surface area (Å²) in [7, 11) is 0. The van der Waals surface area contributed by atoms with Crippen molar-refractivity contribution in [3.05, 3.63) is 65.2 Å². The summed E-state index contributed by atoms with van der Waals surface area (Å²) < 4.78 is 5.84. The average molecular weight is 367 g/mol. The minimum atomic E-state index is 0.271. The molecule has 0 radical (unpaired) electrons. The largest absolute Gasteiger partial charge is 0.373 e. The zero-order chi connectivity index (χ0) is 19.2. The van der Waals surface area contributed by atoms with Crippen LogP contribution >= 0.6 is 0 Å². The number of hydrogen-bond acceptors (Lipinski definition) is 3. The van der Waals surface area contributed by atoms with Gasteiger partial charge in [0.2, 0.25) is 0 Å². The number of ether oxygens (including phenoxy) is 1. The van der Waals surface area contributed by atoms with Crippen LogP contribution in [0.2, 0.25) is 0 Å². The van der Waals surface area contributed by atoms with Gasteiger partial charge in [0.05, 0.1) is 18.8 Å². The number of rotatable bonds is 5. The highest BCUT2D eigenvalue weighted by molar-refractivity contribution is 5.92. The first-order valence-corrected chi connectivity index (χ1v) is 9.58. The number of benzene rings is 2. The Morgan fingerprint density at radius 2 is 1.81 bits per heavy atom. The Kier molecular flexibility index (Phi) is 6.48. The van der Waals surface area contributed by atoms with Crippen LogP contribution in [0.3, 0.4) is 0 Å². The van der Waals surface area contributed by atoms with Gasteiger partial charge in [-0.05, 0) is 49.6 Å². The fourth-order valence-corrected chi connectivity index (χ4v) is 3.60. The second kappa shape index (κ2) is 9.02. The van der Waals surface area contributed by atoms with Gasteiger partial charge in [-0.3, -0.25) is 4.90 Å². The summed E-state index contributed by atoms with van der Waals surface area (Å²) >= 11 is 0. The molecule has 2 aromatic carbocycles. The molecule has 3 rings (SSSR count). The van der Waals surface area contributed by atoms with Gasteiger partial charge in [-0.25, -0.2) is 4.99 Å². The van der Waals surface area contributed by atoms with E-state index in [4.69, 9.17) is 10.5 Å². The zero-order valence-electron chi connectivity index (χ0n) is 16.5. The Labute approximate surface area is 162 Å². The van der Waals surface area contributed by atoms with Crippen LogP contribution in [-0.2, 0) is 17.8 Å². The Morgan fingerprint density at radius 1 is 1.11 bits per heavy atom. The van der Waals surface area contributed by atoms with E-state index in [1.807, 2.05) is 12.1 Å². The van der Waals surface area contributed by atoms with Gasteiger partial charge in [0.25, 0.3) is 0 Å². The van der Waals surface area contributed by atoms with Crippen molar-refractivity contribution in [2.45, 2.75) is 46.1 Å². The summed E-state index contributed by atoms with van der Waals surface area (Å²) in [5.74, 6) is 0.434. The number of nitrogens with one attached hydrogen (secondary N) is 1. The molecular weight excluding hydrogens is 336 g/mol. The second-order valence-corrected chi connectivity index (χ2v) is 7.42. The first-order chi connectivity index (χ1) is 13.0. The van der Waals surface area contributed by atoms with E-state index in [0.717, 1.165) is 25.3 Å². The topological polar surface area (TPSA) is 62.9 Å². The van der Waals surface area contributed by atoms with Crippen LogP contribution in [0, 0.1) is 6.92 Å². The van der Waals surface area contributed by atoms with Gasteiger partial charge >= 0.3 is 0 Å². The Bertz CT molecular complexity index is 779. The van der Waals surface area contributed by atoms with Crippen molar-refractivity contribution in [1.82, 2.24) is 4.90 Å². The minimum Gasteiger partial charge on any atom is -0.373 e. The first kappa shape index (κ1) is 19.4. The van der Waals surface area contributed by atoms with Crippen molar-refractivity contribution < 1.29 is 4.74 Å². The lowest BCUT2D eigenvalue weighted by atomic mass is 10.1. The van der Waals surface area contributed by atoms with E-state index in [-0.39, 0.29) is 12.2 Å². The molecule has 0 bridgehead atoms. The number of morpholine rings is 1. The van der Waals surface area contributed by atoms with Gasteiger partial charge in [0.1, 0.15) is 0 Å². The summed E-state index contributed by atoms with van der Waals surface area (Å²) in [5, 5.41) is 3.17. The third kappa shape index (κ3) is 5.81. The van der Waals surface area contributed by atoms with Crippen LogP contribution in [0.15, 0.2) is 53.5 Å². The van der Waals surface area contributed by atoms with Crippen LogP contribution in [-0.4, -0.2) is 36.2 Å². The number of guanidine groups is 1. The van der Waals surface area contributed by atoms with Crippen molar-refractivity contribution in [3.63, 3.8) is 0 Å². The van der Waals surface area contributed by atoms with E-state index >= 15 is 0 Å². The van der Waals surface area contributed by atoms with E-state index < -0.39 is 0 Å². The van der Waals surface area contributed by atoms with Gasteiger partial charge in [-0.2, -0.15) is 0 Å². The van der Waals surface area contributed by atoms with Gasteiger partial charge in [0, 0.05) is 25.3 Å². The van der Waals surface area contributed by atoms with E-state index in [1.54, 1.807) is 0 Å². The number of nitrogens with zero attached hydrogens (tertiary/aromatic N) is 2. The Balaban J connectivity index is 1.65. The van der Waals surface area contributed by atoms with Crippen molar-refractivity contribution in [1.29, 1.82) is 0 Å². The van der Waals surface area contributed by atoms with Crippen molar-refractivity contribution in [3.8, 4) is 0 Å². The van der Waals surface area contributed by atoms with E-state index in [0.29, 0.717) is 12.5 Å². The third-order valence-corrected chi connectivity index (χ3v) is 4.72. The van der Waals surface area contributed by atoms with E-state index in [2.05, 4.69) is 72.4 Å². The summed E-state index contributed by atoms with van der Waals surface area (Å²) in [6.45, 7) is 9.72. The molecule has 0 amide bonds. The maximum atomic E-state index is 6.09.